The SMILES string of the molecule is CC(C)Cn1cc(S(=O)(=O)NCc2cccc(C(F)(F)F)c2)c2cccnc21. The molecule has 0 fully saturated rings. The quantitative estimate of drug-likeness (QED) is 0.662. The van der Waals surface area contributed by atoms with Crippen LogP contribution in [-0.4, -0.2) is 18.0 Å². The predicted molar refractivity (Wildman–Crippen MR) is 100 cm³/mol. The number of hydrogen-bond acceptors (Lipinski definition) is 3. The zero-order chi connectivity index (χ0) is 20.5. The lowest BCUT2D eigenvalue weighted by Crippen LogP contribution is -2.23. The molecule has 1 N–H and O–H groups in total. The molecule has 0 aliphatic rings. The third kappa shape index (κ3) is 4.36. The molecule has 0 saturated carbocycles. The van der Waals surface area contributed by atoms with Crippen molar-refractivity contribution in [3.05, 3.63) is 59.9 Å². The number of nitrogens with one attached hydrogen (secondary N) is 1. The molecule has 0 spiro atoms. The van der Waals surface area contributed by atoms with Crippen molar-refractivity contribution < 1.29 is 21.6 Å². The lowest BCUT2D eigenvalue weighted by atomic mass is 10.1. The molecule has 0 aliphatic carbocycles. The number of nitrogens with zero attached hydrogens (tertiary/aromatic N) is 2. The van der Waals surface area contributed by atoms with E-state index in [1.807, 2.05) is 13.8 Å². The Bertz CT molecular complexity index is 1090. The van der Waals surface area contributed by atoms with Crippen LogP contribution in [0.15, 0.2) is 53.7 Å². The monoisotopic (exact) mass is 411 g/mol. The first-order chi connectivity index (χ1) is 13.1. The summed E-state index contributed by atoms with van der Waals surface area (Å²) >= 11 is 0. The number of sulfonamides is 1. The van der Waals surface area contributed by atoms with Crippen molar-refractivity contribution in [3.63, 3.8) is 0 Å². The molecule has 2 heterocycles. The topological polar surface area (TPSA) is 64.0 Å². The molecule has 1 aromatic carbocycles. The minimum Gasteiger partial charge on any atom is -0.331 e. The zero-order valence-electron chi connectivity index (χ0n) is 15.4. The van der Waals surface area contributed by atoms with Gasteiger partial charge in [0.05, 0.1) is 5.56 Å². The average molecular weight is 411 g/mol. The van der Waals surface area contributed by atoms with Crippen LogP contribution in [0, 0.1) is 5.92 Å². The van der Waals surface area contributed by atoms with Gasteiger partial charge in [-0.2, -0.15) is 13.2 Å². The summed E-state index contributed by atoms with van der Waals surface area (Å²) < 4.78 is 68.3. The van der Waals surface area contributed by atoms with E-state index in [1.165, 1.54) is 18.3 Å². The number of fused-ring (bicyclic) bond motifs is 1. The van der Waals surface area contributed by atoms with Gasteiger partial charge >= 0.3 is 6.18 Å². The lowest BCUT2D eigenvalue weighted by molar-refractivity contribution is -0.137. The molecule has 28 heavy (non-hydrogen) atoms. The molecule has 0 unspecified atom stereocenters. The summed E-state index contributed by atoms with van der Waals surface area (Å²) in [5.41, 5.74) is -0.0416. The van der Waals surface area contributed by atoms with Gasteiger partial charge in [-0.25, -0.2) is 18.1 Å². The van der Waals surface area contributed by atoms with Crippen LogP contribution in [0.25, 0.3) is 11.0 Å². The van der Waals surface area contributed by atoms with Crippen molar-refractivity contribution in [1.82, 2.24) is 14.3 Å². The maximum Gasteiger partial charge on any atom is 0.416 e. The smallest absolute Gasteiger partial charge is 0.331 e. The first-order valence-electron chi connectivity index (χ1n) is 8.67. The highest BCUT2D eigenvalue weighted by molar-refractivity contribution is 7.89. The van der Waals surface area contributed by atoms with Gasteiger partial charge < -0.3 is 4.57 Å². The molecule has 3 rings (SSSR count). The van der Waals surface area contributed by atoms with Crippen molar-refractivity contribution >= 4 is 21.1 Å². The van der Waals surface area contributed by atoms with Crippen molar-refractivity contribution in [2.75, 3.05) is 0 Å². The number of benzene rings is 1. The summed E-state index contributed by atoms with van der Waals surface area (Å²) in [6.45, 7) is 4.36. The van der Waals surface area contributed by atoms with E-state index in [2.05, 4.69) is 9.71 Å². The molecule has 0 saturated heterocycles. The Balaban J connectivity index is 1.90. The third-order valence-electron chi connectivity index (χ3n) is 4.17. The zero-order valence-corrected chi connectivity index (χ0v) is 16.2. The maximum atomic E-state index is 12.8. The third-order valence-corrected chi connectivity index (χ3v) is 5.60. The number of pyridine rings is 1. The van der Waals surface area contributed by atoms with Gasteiger partial charge in [0.25, 0.3) is 0 Å². The van der Waals surface area contributed by atoms with Crippen molar-refractivity contribution in [2.24, 2.45) is 5.92 Å². The highest BCUT2D eigenvalue weighted by Crippen LogP contribution is 2.30. The number of hydrogen-bond donors (Lipinski definition) is 1. The number of rotatable bonds is 6. The van der Waals surface area contributed by atoms with Gasteiger partial charge in [0.1, 0.15) is 10.5 Å². The van der Waals surface area contributed by atoms with Crippen LogP contribution in [0.2, 0.25) is 0 Å². The van der Waals surface area contributed by atoms with Crippen LogP contribution in [0.1, 0.15) is 25.0 Å². The van der Waals surface area contributed by atoms with Crippen LogP contribution in [-0.2, 0) is 29.3 Å². The van der Waals surface area contributed by atoms with Gasteiger partial charge in [0, 0.05) is 30.9 Å². The van der Waals surface area contributed by atoms with Gasteiger partial charge in [-0.15, -0.1) is 0 Å². The standard InChI is InChI=1S/C19H20F3N3O2S/c1-13(2)11-25-12-17(16-7-4-8-23-18(16)25)28(26,27)24-10-14-5-3-6-15(9-14)19(20,21)22/h3-9,12-13,24H,10-11H2,1-2H3. The molecular formula is C19H20F3N3O2S. The molecule has 5 nitrogen and oxygen atoms in total. The molecule has 0 atom stereocenters. The first kappa shape index (κ1) is 20.3. The lowest BCUT2D eigenvalue weighted by Gasteiger charge is -2.10. The van der Waals surface area contributed by atoms with Gasteiger partial charge in [-0.3, -0.25) is 0 Å². The van der Waals surface area contributed by atoms with E-state index < -0.39 is 21.8 Å². The maximum absolute atomic E-state index is 12.8. The Morgan fingerprint density at radius 3 is 2.61 bits per heavy atom. The van der Waals surface area contributed by atoms with E-state index >= 15 is 0 Å². The summed E-state index contributed by atoms with van der Waals surface area (Å²) in [6.07, 6.45) is -1.37. The van der Waals surface area contributed by atoms with Gasteiger partial charge in [-0.05, 0) is 29.7 Å². The van der Waals surface area contributed by atoms with Gasteiger partial charge in [-0.1, -0.05) is 32.0 Å². The number of halogens is 3. The normalized spacial score (nSPS) is 12.8. The second kappa shape index (κ2) is 7.56. The summed E-state index contributed by atoms with van der Waals surface area (Å²) in [5.74, 6) is 0.284. The molecular weight excluding hydrogens is 391 g/mol. The Kier molecular flexibility index (Phi) is 5.49. The fourth-order valence-electron chi connectivity index (χ4n) is 2.95. The molecule has 3 aromatic rings. The summed E-state index contributed by atoms with van der Waals surface area (Å²) in [5, 5.41) is 0.472. The Morgan fingerprint density at radius 1 is 1.18 bits per heavy atom. The molecule has 0 bridgehead atoms. The Labute approximate surface area is 161 Å². The van der Waals surface area contributed by atoms with E-state index in [0.29, 0.717) is 17.6 Å². The fraction of sp³-hybridized carbons (Fsp3) is 0.316. The molecule has 0 aliphatic heterocycles. The van der Waals surface area contributed by atoms with Crippen LogP contribution in [0.5, 0.6) is 0 Å². The molecule has 150 valence electrons. The first-order valence-corrected chi connectivity index (χ1v) is 10.2. The second-order valence-electron chi connectivity index (χ2n) is 6.94. The van der Waals surface area contributed by atoms with E-state index in [4.69, 9.17) is 0 Å². The van der Waals surface area contributed by atoms with E-state index in [9.17, 15) is 21.6 Å². The fourth-order valence-corrected chi connectivity index (χ4v) is 4.18. The summed E-state index contributed by atoms with van der Waals surface area (Å²) in [7, 11) is -3.94. The largest absolute Gasteiger partial charge is 0.416 e. The van der Waals surface area contributed by atoms with Crippen molar-refractivity contribution in [3.8, 4) is 0 Å². The average Bonchev–Trinajstić information content (AvgIpc) is 2.99. The van der Waals surface area contributed by atoms with Gasteiger partial charge in [0.2, 0.25) is 10.0 Å². The highest BCUT2D eigenvalue weighted by atomic mass is 32.2. The summed E-state index contributed by atoms with van der Waals surface area (Å²) in [4.78, 5) is 4.33. The minimum absolute atomic E-state index is 0.0585. The van der Waals surface area contributed by atoms with E-state index in [1.54, 1.807) is 22.9 Å². The van der Waals surface area contributed by atoms with Crippen molar-refractivity contribution in [2.45, 2.75) is 38.0 Å². The van der Waals surface area contributed by atoms with E-state index in [0.717, 1.165) is 12.1 Å². The number of alkyl halides is 3. The van der Waals surface area contributed by atoms with Crippen LogP contribution in [0.3, 0.4) is 0 Å². The second-order valence-corrected chi connectivity index (χ2v) is 8.67. The van der Waals surface area contributed by atoms with Crippen molar-refractivity contribution in [1.29, 1.82) is 0 Å². The van der Waals surface area contributed by atoms with Crippen LogP contribution < -0.4 is 4.72 Å². The molecule has 0 radical (unpaired) electrons. The van der Waals surface area contributed by atoms with Crippen LogP contribution in [0.4, 0.5) is 13.2 Å². The minimum atomic E-state index is -4.48. The summed E-state index contributed by atoms with van der Waals surface area (Å²) in [6, 6.07) is 7.90. The molecule has 9 heteroatoms. The highest BCUT2D eigenvalue weighted by Gasteiger charge is 2.30. The predicted octanol–water partition coefficient (Wildman–Crippen LogP) is 4.19. The van der Waals surface area contributed by atoms with E-state index in [-0.39, 0.29) is 22.9 Å². The molecule has 2 aromatic heterocycles. The van der Waals surface area contributed by atoms with Crippen LogP contribution >= 0.6 is 0 Å². The Hall–Kier alpha value is -2.39. The Morgan fingerprint density at radius 2 is 1.93 bits per heavy atom. The molecule has 0 amide bonds. The number of aromatic nitrogens is 2. The van der Waals surface area contributed by atoms with Gasteiger partial charge in [0.15, 0.2) is 0 Å².